The first-order valence-corrected chi connectivity index (χ1v) is 7.48. The van der Waals surface area contributed by atoms with Gasteiger partial charge in [0.1, 0.15) is 0 Å². The van der Waals surface area contributed by atoms with Crippen LogP contribution >= 0.6 is 11.8 Å². The lowest BCUT2D eigenvalue weighted by Gasteiger charge is -2.05. The van der Waals surface area contributed by atoms with Gasteiger partial charge >= 0.3 is 11.7 Å². The number of methoxy groups -OCH3 is 1. The Morgan fingerprint density at radius 1 is 1.45 bits per heavy atom. The molecule has 0 saturated carbocycles. The monoisotopic (exact) mass is 324 g/mol. The molecule has 2 rings (SSSR count). The quantitative estimate of drug-likeness (QED) is 0.481. The van der Waals surface area contributed by atoms with Gasteiger partial charge in [-0.1, -0.05) is 23.9 Å². The van der Waals surface area contributed by atoms with Crippen LogP contribution in [0.25, 0.3) is 11.2 Å². The molecule has 0 aliphatic carbocycles. The van der Waals surface area contributed by atoms with E-state index in [0.29, 0.717) is 17.2 Å². The Labute approximate surface area is 129 Å². The summed E-state index contributed by atoms with van der Waals surface area (Å²) in [5.41, 5.74) is -0.448. The minimum absolute atomic E-state index is 0.0709. The molecule has 8 nitrogen and oxygen atoms in total. The molecule has 0 unspecified atom stereocenters. The molecule has 0 aliphatic heterocycles. The second kappa shape index (κ2) is 6.65. The molecule has 2 heterocycles. The molecular weight excluding hydrogens is 308 g/mol. The maximum atomic E-state index is 12.1. The van der Waals surface area contributed by atoms with Crippen LogP contribution in [0, 0.1) is 0 Å². The second-order valence-electron chi connectivity index (χ2n) is 4.43. The fourth-order valence-corrected chi connectivity index (χ4v) is 2.72. The molecule has 9 heteroatoms. The van der Waals surface area contributed by atoms with Crippen molar-refractivity contribution in [3.63, 3.8) is 0 Å². The van der Waals surface area contributed by atoms with Crippen LogP contribution in [-0.4, -0.2) is 37.9 Å². The van der Waals surface area contributed by atoms with Gasteiger partial charge in [0.25, 0.3) is 5.56 Å². The van der Waals surface area contributed by atoms with Crippen molar-refractivity contribution in [2.45, 2.75) is 18.6 Å². The molecule has 22 heavy (non-hydrogen) atoms. The number of carbonyl (C=O) groups excluding carboxylic acids is 1. The molecule has 0 aliphatic rings. The van der Waals surface area contributed by atoms with Crippen molar-refractivity contribution in [3.8, 4) is 0 Å². The number of hydrogen-bond donors (Lipinski definition) is 1. The predicted molar refractivity (Wildman–Crippen MR) is 83.1 cm³/mol. The third kappa shape index (κ3) is 2.98. The molecule has 0 atom stereocenters. The smallest absolute Gasteiger partial charge is 0.329 e. The first-order valence-electron chi connectivity index (χ1n) is 6.50. The summed E-state index contributed by atoms with van der Waals surface area (Å²) < 4.78 is 7.54. The van der Waals surface area contributed by atoms with Gasteiger partial charge in [0.05, 0.1) is 12.9 Å². The largest absolute Gasteiger partial charge is 0.468 e. The number of imidazole rings is 1. The average molecular weight is 324 g/mol. The van der Waals surface area contributed by atoms with E-state index in [4.69, 9.17) is 0 Å². The van der Waals surface area contributed by atoms with E-state index in [1.54, 1.807) is 4.57 Å². The van der Waals surface area contributed by atoms with Gasteiger partial charge in [-0.3, -0.25) is 19.1 Å². The van der Waals surface area contributed by atoms with E-state index in [1.165, 1.54) is 18.7 Å². The lowest BCUT2D eigenvalue weighted by molar-refractivity contribution is -0.137. The average Bonchev–Trinajstić information content (AvgIpc) is 2.87. The number of rotatable bonds is 5. The van der Waals surface area contributed by atoms with Crippen LogP contribution in [0.5, 0.6) is 0 Å². The van der Waals surface area contributed by atoms with Crippen LogP contribution in [0.3, 0.4) is 0 Å². The van der Waals surface area contributed by atoms with Crippen molar-refractivity contribution in [2.24, 2.45) is 7.05 Å². The van der Waals surface area contributed by atoms with E-state index in [-0.39, 0.29) is 11.4 Å². The summed E-state index contributed by atoms with van der Waals surface area (Å²) in [5.74, 6) is -0.320. The Bertz CT molecular complexity index is 846. The van der Waals surface area contributed by atoms with Gasteiger partial charge in [-0.15, -0.1) is 0 Å². The van der Waals surface area contributed by atoms with E-state index in [9.17, 15) is 14.4 Å². The van der Waals surface area contributed by atoms with Crippen molar-refractivity contribution < 1.29 is 9.53 Å². The number of ether oxygens (including phenoxy) is 1. The fourth-order valence-electron chi connectivity index (χ4n) is 1.89. The van der Waals surface area contributed by atoms with E-state index < -0.39 is 17.2 Å². The number of esters is 1. The maximum Gasteiger partial charge on any atom is 0.329 e. The number of thioether (sulfide) groups is 1. The summed E-state index contributed by atoms with van der Waals surface area (Å²) in [6.07, 6.45) is 3.70. The van der Waals surface area contributed by atoms with Gasteiger partial charge in [-0.2, -0.15) is 0 Å². The van der Waals surface area contributed by atoms with E-state index in [2.05, 4.69) is 14.7 Å². The van der Waals surface area contributed by atoms with Crippen molar-refractivity contribution in [2.75, 3.05) is 12.9 Å². The number of fused-ring (bicyclic) bond motifs is 1. The number of H-pyrrole nitrogens is 1. The highest BCUT2D eigenvalue weighted by Gasteiger charge is 2.17. The summed E-state index contributed by atoms with van der Waals surface area (Å²) in [4.78, 5) is 41.6. The fraction of sp³-hybridized carbons (Fsp3) is 0.385. The number of aromatic amines is 1. The van der Waals surface area contributed by atoms with Gasteiger partial charge in [0, 0.05) is 13.6 Å². The van der Waals surface area contributed by atoms with E-state index in [1.807, 2.05) is 19.1 Å². The number of nitrogens with one attached hydrogen (secondary N) is 1. The molecule has 1 N–H and O–H groups in total. The summed E-state index contributed by atoms with van der Waals surface area (Å²) in [6.45, 7) is 2.28. The van der Waals surface area contributed by atoms with E-state index >= 15 is 0 Å². The summed E-state index contributed by atoms with van der Waals surface area (Å²) in [6, 6.07) is 0. The van der Waals surface area contributed by atoms with Crippen LogP contribution in [0.15, 0.2) is 26.9 Å². The molecule has 0 amide bonds. The van der Waals surface area contributed by atoms with Crippen LogP contribution in [-0.2, 0) is 23.1 Å². The molecule has 0 aromatic carbocycles. The summed E-state index contributed by atoms with van der Waals surface area (Å²) in [5, 5.41) is 0.477. The van der Waals surface area contributed by atoms with Crippen LogP contribution in [0.1, 0.15) is 6.92 Å². The van der Waals surface area contributed by atoms with Gasteiger partial charge < -0.3 is 9.30 Å². The zero-order chi connectivity index (χ0) is 16.3. The number of allylic oxidation sites excluding steroid dienone is 2. The zero-order valence-corrected chi connectivity index (χ0v) is 13.3. The molecule has 0 radical (unpaired) electrons. The molecule has 2 aromatic rings. The Hall–Kier alpha value is -2.29. The van der Waals surface area contributed by atoms with Gasteiger partial charge in [-0.05, 0) is 6.92 Å². The minimum atomic E-state index is -0.530. The highest BCUT2D eigenvalue weighted by molar-refractivity contribution is 7.99. The molecule has 0 fully saturated rings. The Kier molecular flexibility index (Phi) is 4.86. The number of hydrogen-bond acceptors (Lipinski definition) is 6. The van der Waals surface area contributed by atoms with Crippen LogP contribution in [0.4, 0.5) is 0 Å². The first kappa shape index (κ1) is 16.1. The summed E-state index contributed by atoms with van der Waals surface area (Å²) in [7, 11) is 2.84. The van der Waals surface area contributed by atoms with Crippen molar-refractivity contribution in [1.29, 1.82) is 0 Å². The first-order chi connectivity index (χ1) is 10.5. The third-order valence-corrected chi connectivity index (χ3v) is 3.99. The van der Waals surface area contributed by atoms with Crippen molar-refractivity contribution >= 4 is 28.9 Å². The lowest BCUT2D eigenvalue weighted by Crippen LogP contribution is -2.29. The normalized spacial score (nSPS) is 11.4. The van der Waals surface area contributed by atoms with Crippen molar-refractivity contribution in [3.05, 3.63) is 33.0 Å². The number of carbonyl (C=O) groups is 1. The Morgan fingerprint density at radius 3 is 2.82 bits per heavy atom. The van der Waals surface area contributed by atoms with Gasteiger partial charge in [0.15, 0.2) is 16.3 Å². The van der Waals surface area contributed by atoms with E-state index in [0.717, 1.165) is 11.8 Å². The highest BCUT2D eigenvalue weighted by Crippen LogP contribution is 2.21. The molecule has 0 bridgehead atoms. The lowest BCUT2D eigenvalue weighted by atomic mass is 10.4. The molecule has 0 spiro atoms. The highest BCUT2D eigenvalue weighted by atomic mass is 32.2. The Balaban J connectivity index is 2.61. The third-order valence-electron chi connectivity index (χ3n) is 3.04. The minimum Gasteiger partial charge on any atom is -0.468 e. The van der Waals surface area contributed by atoms with Crippen LogP contribution in [0.2, 0.25) is 0 Å². The molecule has 0 saturated heterocycles. The predicted octanol–water partition coefficient (Wildman–Crippen LogP) is 0.264. The standard InChI is InChI=1S/C13H16N4O4S/c1-4-5-6-17-9-10(16(2)12(20)15-11(9)19)14-13(17)22-7-8(18)21-3/h4-5H,6-7H2,1-3H3,(H,15,19,20)/b5-4-. The topological polar surface area (TPSA) is 99.0 Å². The number of nitrogens with zero attached hydrogens (tertiary/aromatic N) is 3. The SMILES string of the molecule is C/C=C\Cn1c(SCC(=O)OC)nc2c1c(=O)[nH]c(=O)n2C. The Morgan fingerprint density at radius 2 is 2.18 bits per heavy atom. The number of aryl methyl sites for hydroxylation is 1. The molecule has 2 aromatic heterocycles. The zero-order valence-electron chi connectivity index (χ0n) is 12.5. The second-order valence-corrected chi connectivity index (χ2v) is 5.37. The van der Waals surface area contributed by atoms with Gasteiger partial charge in [-0.25, -0.2) is 9.78 Å². The number of aromatic nitrogens is 4. The van der Waals surface area contributed by atoms with Gasteiger partial charge in [0.2, 0.25) is 0 Å². The molecule has 118 valence electrons. The van der Waals surface area contributed by atoms with Crippen molar-refractivity contribution in [1.82, 2.24) is 19.1 Å². The molecular formula is C13H16N4O4S. The summed E-state index contributed by atoms with van der Waals surface area (Å²) >= 11 is 1.15. The van der Waals surface area contributed by atoms with Crippen LogP contribution < -0.4 is 11.2 Å². The maximum absolute atomic E-state index is 12.1.